The molecule has 0 radical (unpaired) electrons. The predicted molar refractivity (Wildman–Crippen MR) is 79.4 cm³/mol. The maximum Gasteiger partial charge on any atom is 0.319 e. The van der Waals surface area contributed by atoms with Gasteiger partial charge in [-0.25, -0.2) is 9.18 Å². The average Bonchev–Trinajstić information content (AvgIpc) is 2.49. The third-order valence-corrected chi connectivity index (χ3v) is 3.09. The number of benzene rings is 2. The lowest BCUT2D eigenvalue weighted by atomic mass is 9.96. The lowest BCUT2D eigenvalue weighted by Crippen LogP contribution is -2.40. The molecule has 110 valence electrons. The lowest BCUT2D eigenvalue weighted by Gasteiger charge is -2.24. The molecule has 4 nitrogen and oxygen atoms in total. The van der Waals surface area contributed by atoms with E-state index in [2.05, 4.69) is 10.6 Å². The number of hydrogen-bond donors (Lipinski definition) is 3. The van der Waals surface area contributed by atoms with Gasteiger partial charge in [-0.2, -0.15) is 0 Å². The first kappa shape index (κ1) is 15.0. The fourth-order valence-corrected chi connectivity index (χ4v) is 1.86. The van der Waals surface area contributed by atoms with Gasteiger partial charge in [-0.15, -0.1) is 0 Å². The quantitative estimate of drug-likeness (QED) is 0.810. The molecule has 3 N–H and O–H groups in total. The zero-order chi connectivity index (χ0) is 15.3. The molecule has 1 unspecified atom stereocenters. The van der Waals surface area contributed by atoms with Crippen molar-refractivity contribution in [3.05, 3.63) is 66.0 Å². The molecule has 0 aromatic heterocycles. The molecule has 0 aliphatic heterocycles. The van der Waals surface area contributed by atoms with Crippen LogP contribution >= 0.6 is 0 Å². The molecule has 5 heteroatoms. The fourth-order valence-electron chi connectivity index (χ4n) is 1.86. The summed E-state index contributed by atoms with van der Waals surface area (Å²) < 4.78 is 12.8. The Labute approximate surface area is 122 Å². The summed E-state index contributed by atoms with van der Waals surface area (Å²) in [4.78, 5) is 11.7. The molecule has 2 aromatic rings. The van der Waals surface area contributed by atoms with Gasteiger partial charge in [0.2, 0.25) is 0 Å². The highest BCUT2D eigenvalue weighted by Crippen LogP contribution is 2.19. The highest BCUT2D eigenvalue weighted by Gasteiger charge is 2.23. The van der Waals surface area contributed by atoms with Crippen molar-refractivity contribution >= 4 is 11.7 Å². The Kier molecular flexibility index (Phi) is 4.55. The topological polar surface area (TPSA) is 61.4 Å². The van der Waals surface area contributed by atoms with E-state index in [4.69, 9.17) is 0 Å². The smallest absolute Gasteiger partial charge is 0.319 e. The minimum absolute atomic E-state index is 0.0596. The highest BCUT2D eigenvalue weighted by molar-refractivity contribution is 5.89. The van der Waals surface area contributed by atoms with Crippen LogP contribution < -0.4 is 10.6 Å². The predicted octanol–water partition coefficient (Wildman–Crippen LogP) is 2.85. The van der Waals surface area contributed by atoms with E-state index in [-0.39, 0.29) is 12.4 Å². The van der Waals surface area contributed by atoms with Crippen molar-refractivity contribution in [1.29, 1.82) is 0 Å². The molecule has 2 aromatic carbocycles. The van der Waals surface area contributed by atoms with Crippen LogP contribution in [0.15, 0.2) is 54.6 Å². The van der Waals surface area contributed by atoms with Gasteiger partial charge < -0.3 is 15.7 Å². The summed E-state index contributed by atoms with van der Waals surface area (Å²) in [6.45, 7) is 1.69. The minimum atomic E-state index is -1.17. The molecule has 0 aliphatic rings. The van der Waals surface area contributed by atoms with Gasteiger partial charge in [-0.05, 0) is 36.8 Å². The van der Waals surface area contributed by atoms with Crippen LogP contribution in [0.5, 0.6) is 0 Å². The second-order valence-corrected chi connectivity index (χ2v) is 4.95. The van der Waals surface area contributed by atoms with Crippen molar-refractivity contribution < 1.29 is 14.3 Å². The summed E-state index contributed by atoms with van der Waals surface area (Å²) in [5, 5.41) is 15.5. The molecule has 0 bridgehead atoms. The normalized spacial score (nSPS) is 13.3. The van der Waals surface area contributed by atoms with Crippen molar-refractivity contribution in [2.75, 3.05) is 11.9 Å². The molecule has 0 fully saturated rings. The summed E-state index contributed by atoms with van der Waals surface area (Å²) in [6, 6.07) is 14.1. The Bertz CT molecular complexity index is 597. The molecule has 2 rings (SSSR count). The molecule has 2 amide bonds. The molecule has 21 heavy (non-hydrogen) atoms. The molecule has 0 spiro atoms. The van der Waals surface area contributed by atoms with Gasteiger partial charge in [0.05, 0.1) is 6.54 Å². The van der Waals surface area contributed by atoms with Crippen molar-refractivity contribution in [2.45, 2.75) is 12.5 Å². The van der Waals surface area contributed by atoms with Crippen LogP contribution in [0.2, 0.25) is 0 Å². The second-order valence-electron chi connectivity index (χ2n) is 4.95. The van der Waals surface area contributed by atoms with Gasteiger partial charge in [-0.3, -0.25) is 0 Å². The van der Waals surface area contributed by atoms with Gasteiger partial charge in [0.25, 0.3) is 0 Å². The molecule has 0 saturated heterocycles. The average molecular weight is 288 g/mol. The molecular weight excluding hydrogens is 271 g/mol. The standard InChI is InChI=1S/C16H17FN2O2/c1-16(21,12-5-3-2-4-6-12)11-18-15(20)19-14-9-7-13(17)8-10-14/h2-10,21H,11H2,1H3,(H2,18,19,20). The van der Waals surface area contributed by atoms with Gasteiger partial charge >= 0.3 is 6.03 Å². The molecular formula is C16H17FN2O2. The number of anilines is 1. The summed E-state index contributed by atoms with van der Waals surface area (Å²) in [5.41, 5.74) is 0.0295. The SMILES string of the molecule is CC(O)(CNC(=O)Nc1ccc(F)cc1)c1ccccc1. The number of halogens is 1. The summed E-state index contributed by atoms with van der Waals surface area (Å²) in [6.07, 6.45) is 0. The monoisotopic (exact) mass is 288 g/mol. The number of urea groups is 1. The fraction of sp³-hybridized carbons (Fsp3) is 0.188. The van der Waals surface area contributed by atoms with E-state index in [0.29, 0.717) is 11.3 Å². The Morgan fingerprint density at radius 2 is 1.76 bits per heavy atom. The number of carbonyl (C=O) groups is 1. The van der Waals surface area contributed by atoms with E-state index < -0.39 is 11.6 Å². The molecule has 0 saturated carbocycles. The summed E-state index contributed by atoms with van der Waals surface area (Å²) in [7, 11) is 0. The van der Waals surface area contributed by atoms with Crippen LogP contribution in [0.1, 0.15) is 12.5 Å². The van der Waals surface area contributed by atoms with Gasteiger partial charge in [-0.1, -0.05) is 30.3 Å². The first-order valence-corrected chi connectivity index (χ1v) is 6.56. The lowest BCUT2D eigenvalue weighted by molar-refractivity contribution is 0.0599. The molecule has 1 atom stereocenters. The van der Waals surface area contributed by atoms with Crippen LogP contribution in [0.25, 0.3) is 0 Å². The van der Waals surface area contributed by atoms with E-state index in [9.17, 15) is 14.3 Å². The zero-order valence-electron chi connectivity index (χ0n) is 11.6. The first-order chi connectivity index (χ1) is 9.97. The van der Waals surface area contributed by atoms with Gasteiger partial charge in [0.15, 0.2) is 0 Å². The molecule has 0 aliphatic carbocycles. The van der Waals surface area contributed by atoms with Crippen molar-refractivity contribution in [3.63, 3.8) is 0 Å². The Hall–Kier alpha value is -2.40. The van der Waals surface area contributed by atoms with Crippen LogP contribution in [-0.2, 0) is 5.60 Å². The highest BCUT2D eigenvalue weighted by atomic mass is 19.1. The Morgan fingerprint density at radius 3 is 2.38 bits per heavy atom. The Morgan fingerprint density at radius 1 is 1.14 bits per heavy atom. The maximum atomic E-state index is 12.8. The summed E-state index contributed by atoms with van der Waals surface area (Å²) in [5.74, 6) is -0.368. The number of rotatable bonds is 4. The van der Waals surface area contributed by atoms with Crippen LogP contribution in [0.3, 0.4) is 0 Å². The minimum Gasteiger partial charge on any atom is -0.384 e. The molecule has 0 heterocycles. The van der Waals surface area contributed by atoms with Crippen LogP contribution in [0.4, 0.5) is 14.9 Å². The summed E-state index contributed by atoms with van der Waals surface area (Å²) >= 11 is 0. The van der Waals surface area contributed by atoms with E-state index in [0.717, 1.165) is 0 Å². The van der Waals surface area contributed by atoms with Crippen molar-refractivity contribution in [2.24, 2.45) is 0 Å². The van der Waals surface area contributed by atoms with Crippen molar-refractivity contribution in [1.82, 2.24) is 5.32 Å². The number of amides is 2. The third kappa shape index (κ3) is 4.29. The third-order valence-electron chi connectivity index (χ3n) is 3.09. The second kappa shape index (κ2) is 6.37. The largest absolute Gasteiger partial charge is 0.384 e. The van der Waals surface area contributed by atoms with Crippen LogP contribution in [-0.4, -0.2) is 17.7 Å². The maximum absolute atomic E-state index is 12.8. The number of nitrogens with one attached hydrogen (secondary N) is 2. The van der Waals surface area contributed by atoms with Gasteiger partial charge in [0.1, 0.15) is 11.4 Å². The van der Waals surface area contributed by atoms with E-state index >= 15 is 0 Å². The van der Waals surface area contributed by atoms with Crippen LogP contribution in [0, 0.1) is 5.82 Å². The number of carbonyl (C=O) groups excluding carboxylic acids is 1. The van der Waals surface area contributed by atoms with E-state index in [1.165, 1.54) is 24.3 Å². The number of hydrogen-bond acceptors (Lipinski definition) is 2. The van der Waals surface area contributed by atoms with Gasteiger partial charge in [0, 0.05) is 5.69 Å². The van der Waals surface area contributed by atoms with Crippen molar-refractivity contribution in [3.8, 4) is 0 Å². The Balaban J connectivity index is 1.90. The van der Waals surface area contributed by atoms with E-state index in [1.54, 1.807) is 19.1 Å². The zero-order valence-corrected chi connectivity index (χ0v) is 11.6. The van der Waals surface area contributed by atoms with E-state index in [1.807, 2.05) is 18.2 Å². The number of aliphatic hydroxyl groups is 1. The first-order valence-electron chi connectivity index (χ1n) is 6.56.